The van der Waals surface area contributed by atoms with Crippen molar-refractivity contribution in [1.82, 2.24) is 5.32 Å². The van der Waals surface area contributed by atoms with E-state index in [9.17, 15) is 0 Å². The van der Waals surface area contributed by atoms with Crippen molar-refractivity contribution in [3.05, 3.63) is 68.1 Å². The highest BCUT2D eigenvalue weighted by Gasteiger charge is 2.18. The molecule has 0 aliphatic heterocycles. The minimum Gasteiger partial charge on any atom is -0.309 e. The third-order valence-electron chi connectivity index (χ3n) is 4.01. The summed E-state index contributed by atoms with van der Waals surface area (Å²) >= 11 is 9.78. The molecule has 3 rings (SSSR count). The molecule has 2 aromatic rings. The van der Waals surface area contributed by atoms with Gasteiger partial charge in [0, 0.05) is 9.50 Å². The summed E-state index contributed by atoms with van der Waals surface area (Å²) in [6.45, 7) is 0. The Bertz CT molecular complexity index is 639. The molecule has 0 radical (unpaired) electrons. The molecule has 20 heavy (non-hydrogen) atoms. The van der Waals surface area contributed by atoms with Crippen LogP contribution in [0.25, 0.3) is 0 Å². The second kappa shape index (κ2) is 5.88. The Morgan fingerprint density at radius 1 is 1.10 bits per heavy atom. The highest BCUT2D eigenvalue weighted by atomic mass is 79.9. The fourth-order valence-corrected chi connectivity index (χ4v) is 3.66. The van der Waals surface area contributed by atoms with Crippen LogP contribution in [0.5, 0.6) is 0 Å². The first-order valence-corrected chi connectivity index (χ1v) is 8.10. The van der Waals surface area contributed by atoms with E-state index in [-0.39, 0.29) is 6.04 Å². The van der Waals surface area contributed by atoms with Crippen molar-refractivity contribution in [2.45, 2.75) is 25.3 Å². The summed E-state index contributed by atoms with van der Waals surface area (Å²) in [6, 6.07) is 13.0. The summed E-state index contributed by atoms with van der Waals surface area (Å²) < 4.78 is 1.08. The molecular weight excluding hydrogens is 334 g/mol. The van der Waals surface area contributed by atoms with Crippen molar-refractivity contribution in [3.63, 3.8) is 0 Å². The van der Waals surface area contributed by atoms with Gasteiger partial charge >= 0.3 is 0 Å². The van der Waals surface area contributed by atoms with Gasteiger partial charge in [0.25, 0.3) is 0 Å². The average Bonchev–Trinajstić information content (AvgIpc) is 2.91. The van der Waals surface area contributed by atoms with E-state index in [1.54, 1.807) is 0 Å². The third-order valence-corrected chi connectivity index (χ3v) is 4.97. The van der Waals surface area contributed by atoms with Crippen molar-refractivity contribution in [3.8, 4) is 0 Å². The van der Waals surface area contributed by atoms with Crippen LogP contribution in [0.15, 0.2) is 40.9 Å². The van der Waals surface area contributed by atoms with E-state index in [2.05, 4.69) is 39.4 Å². The lowest BCUT2D eigenvalue weighted by molar-refractivity contribution is 0.688. The van der Waals surface area contributed by atoms with Gasteiger partial charge in [-0.15, -0.1) is 0 Å². The monoisotopic (exact) mass is 349 g/mol. The van der Waals surface area contributed by atoms with E-state index in [1.807, 2.05) is 25.2 Å². The van der Waals surface area contributed by atoms with Crippen molar-refractivity contribution in [2.75, 3.05) is 7.05 Å². The van der Waals surface area contributed by atoms with Crippen LogP contribution >= 0.6 is 27.5 Å². The number of nitrogens with one attached hydrogen (secondary N) is 1. The second-order valence-electron chi connectivity index (χ2n) is 5.27. The van der Waals surface area contributed by atoms with Gasteiger partial charge in [0.15, 0.2) is 0 Å². The van der Waals surface area contributed by atoms with E-state index < -0.39 is 0 Å². The molecule has 0 fully saturated rings. The number of aryl methyl sites for hydroxylation is 2. The number of fused-ring (bicyclic) bond motifs is 1. The van der Waals surface area contributed by atoms with Gasteiger partial charge in [-0.05, 0) is 66.8 Å². The second-order valence-corrected chi connectivity index (χ2v) is 6.56. The smallest absolute Gasteiger partial charge is 0.0586 e. The Labute approximate surface area is 133 Å². The predicted molar refractivity (Wildman–Crippen MR) is 88.5 cm³/mol. The molecule has 1 aliphatic rings. The van der Waals surface area contributed by atoms with E-state index in [1.165, 1.54) is 41.5 Å². The molecule has 1 N–H and O–H groups in total. The van der Waals surface area contributed by atoms with Crippen molar-refractivity contribution in [1.29, 1.82) is 0 Å². The molecule has 2 aromatic carbocycles. The normalized spacial score (nSPS) is 15.2. The number of benzene rings is 2. The maximum Gasteiger partial charge on any atom is 0.0586 e. The molecule has 1 atom stereocenters. The van der Waals surface area contributed by atoms with Gasteiger partial charge in [-0.25, -0.2) is 0 Å². The molecule has 104 valence electrons. The Hall–Kier alpha value is -0.830. The Kier molecular flexibility index (Phi) is 4.16. The first kappa shape index (κ1) is 14.1. The van der Waals surface area contributed by atoms with Crippen LogP contribution < -0.4 is 5.32 Å². The number of halogens is 2. The van der Waals surface area contributed by atoms with Crippen LogP contribution in [0, 0.1) is 0 Å². The Morgan fingerprint density at radius 3 is 2.70 bits per heavy atom. The van der Waals surface area contributed by atoms with E-state index in [0.29, 0.717) is 0 Å². The van der Waals surface area contributed by atoms with Crippen LogP contribution in [0.4, 0.5) is 0 Å². The zero-order valence-electron chi connectivity index (χ0n) is 11.4. The minimum absolute atomic E-state index is 0.161. The first-order chi connectivity index (χ1) is 9.69. The highest BCUT2D eigenvalue weighted by molar-refractivity contribution is 9.10. The molecule has 3 heteroatoms. The number of rotatable bonds is 3. The molecule has 1 nitrogen and oxygen atoms in total. The molecule has 0 saturated carbocycles. The van der Waals surface area contributed by atoms with Crippen LogP contribution in [0.3, 0.4) is 0 Å². The van der Waals surface area contributed by atoms with E-state index in [4.69, 9.17) is 11.6 Å². The number of hydrogen-bond donors (Lipinski definition) is 1. The molecule has 0 heterocycles. The zero-order valence-corrected chi connectivity index (χ0v) is 13.8. The fourth-order valence-electron chi connectivity index (χ4n) is 3.01. The summed E-state index contributed by atoms with van der Waals surface area (Å²) in [7, 11) is 1.99. The van der Waals surface area contributed by atoms with Gasteiger partial charge in [0.05, 0.1) is 6.04 Å². The van der Waals surface area contributed by atoms with Crippen molar-refractivity contribution in [2.24, 2.45) is 0 Å². The molecule has 0 aromatic heterocycles. The van der Waals surface area contributed by atoms with Gasteiger partial charge in [-0.3, -0.25) is 0 Å². The molecule has 0 saturated heterocycles. The van der Waals surface area contributed by atoms with Crippen LogP contribution in [-0.4, -0.2) is 7.05 Å². The standard InChI is InChI=1S/C17H17BrClN/c1-20-17(15-10-14(19)7-8-16(15)18)13-6-5-11-3-2-4-12(11)9-13/h5-10,17,20H,2-4H2,1H3. The molecule has 1 aliphatic carbocycles. The fraction of sp³-hybridized carbons (Fsp3) is 0.294. The van der Waals surface area contributed by atoms with E-state index >= 15 is 0 Å². The Morgan fingerprint density at radius 2 is 1.90 bits per heavy atom. The van der Waals surface area contributed by atoms with Crippen LogP contribution in [0.1, 0.15) is 34.7 Å². The summed E-state index contributed by atoms with van der Waals surface area (Å²) in [4.78, 5) is 0. The largest absolute Gasteiger partial charge is 0.309 e. The average molecular weight is 351 g/mol. The van der Waals surface area contributed by atoms with Crippen molar-refractivity contribution >= 4 is 27.5 Å². The summed E-state index contributed by atoms with van der Waals surface area (Å²) in [5.74, 6) is 0. The quantitative estimate of drug-likeness (QED) is 0.830. The SMILES string of the molecule is CNC(c1ccc2c(c1)CCC2)c1cc(Cl)ccc1Br. The third kappa shape index (κ3) is 2.65. The summed E-state index contributed by atoms with van der Waals surface area (Å²) in [5, 5.41) is 4.17. The lowest BCUT2D eigenvalue weighted by atomic mass is 9.96. The molecule has 0 bridgehead atoms. The van der Waals surface area contributed by atoms with E-state index in [0.717, 1.165) is 9.50 Å². The topological polar surface area (TPSA) is 12.0 Å². The Balaban J connectivity index is 2.03. The molecule has 0 amide bonds. The summed E-state index contributed by atoms with van der Waals surface area (Å²) in [6.07, 6.45) is 3.71. The predicted octanol–water partition coefficient (Wildman–Crippen LogP) is 4.90. The van der Waals surface area contributed by atoms with Gasteiger partial charge < -0.3 is 5.32 Å². The molecule has 0 spiro atoms. The minimum atomic E-state index is 0.161. The lowest BCUT2D eigenvalue weighted by Gasteiger charge is -2.20. The highest BCUT2D eigenvalue weighted by Crippen LogP contribution is 2.33. The van der Waals surface area contributed by atoms with Gasteiger partial charge in [0.2, 0.25) is 0 Å². The maximum absolute atomic E-state index is 6.15. The molecular formula is C17H17BrClN. The van der Waals surface area contributed by atoms with Crippen molar-refractivity contribution < 1.29 is 0 Å². The molecule has 1 unspecified atom stereocenters. The van der Waals surface area contributed by atoms with Crippen LogP contribution in [0.2, 0.25) is 5.02 Å². The van der Waals surface area contributed by atoms with Crippen LogP contribution in [-0.2, 0) is 12.8 Å². The number of hydrogen-bond acceptors (Lipinski definition) is 1. The first-order valence-electron chi connectivity index (χ1n) is 6.93. The van der Waals surface area contributed by atoms with Gasteiger partial charge in [-0.1, -0.05) is 45.7 Å². The maximum atomic E-state index is 6.15. The van der Waals surface area contributed by atoms with Gasteiger partial charge in [0.1, 0.15) is 0 Å². The van der Waals surface area contributed by atoms with Gasteiger partial charge in [-0.2, -0.15) is 0 Å². The zero-order chi connectivity index (χ0) is 14.1. The lowest BCUT2D eigenvalue weighted by Crippen LogP contribution is -2.18. The summed E-state index contributed by atoms with van der Waals surface area (Å²) in [5.41, 5.74) is 5.49.